The fourth-order valence-corrected chi connectivity index (χ4v) is 15.7. The lowest BCUT2D eigenvalue weighted by Gasteiger charge is -2.30. The molecule has 724 valence electrons. The van der Waals surface area contributed by atoms with E-state index in [2.05, 4.69) is 70.5 Å². The lowest BCUT2D eigenvalue weighted by Crippen LogP contribution is -2.46. The standard InChI is InChI=1S/2C27H22F4N4O3.C14H15F3N2O3.C13H8FIN2.C11H13FN2O2.C3H4F2O2/c2*1-27(30,31)26(37)33-22-13-24(36)34(25(22)20-12-19(38-2)8-9-21(20)29)18-7-10-23-15(11-18)14-32-35(23)17-5-3-16(28)4-6-17;1-14(16,17)13(21)18-10-6-11(20)19-12(10)8-5-7(22-2)3-4-9(8)15;14-10-1-4-12(5-2-10)17-13-6-3-11(15)7-9(13)8-16-17;1-16-6-2-3-8(12)7(4-6)11-9(13)5-10(15)14-11;1-3(4,5)2(6)7/h2*3-12,14,22,25H,13H2,1-2H3,(H,33,37);3-5,10,12H,6H2,1-2H3,(H,18,21)(H,19,20);1-8H;2-4,9,11H,5,13H2,1H3,(H,14,15);1H3,(H,6,7)/t2*22-,25+;10-,12?;;9-,11?;/m100.0./s1. The molecule has 0 aliphatic carbocycles. The van der Waals surface area contributed by atoms with E-state index >= 15 is 8.78 Å². The second-order valence-corrected chi connectivity index (χ2v) is 33.2. The minimum absolute atomic E-state index is 0.00187. The highest BCUT2D eigenvalue weighted by Gasteiger charge is 2.49. The topological polar surface area (TPSA) is 340 Å². The number of alkyl halides is 8. The third-order valence-corrected chi connectivity index (χ3v) is 22.7. The van der Waals surface area contributed by atoms with Crippen LogP contribution in [0.5, 0.6) is 23.0 Å². The van der Waals surface area contributed by atoms with E-state index in [0.29, 0.717) is 101 Å². The van der Waals surface area contributed by atoms with Crippen molar-refractivity contribution in [1.29, 1.82) is 0 Å². The molecule has 13 aromatic rings. The Kier molecular flexibility index (Phi) is 31.6. The van der Waals surface area contributed by atoms with Gasteiger partial charge >= 0.3 is 29.7 Å². The van der Waals surface area contributed by atoms with Crippen molar-refractivity contribution in [3.63, 3.8) is 0 Å². The number of benzene rings is 10. The Labute approximate surface area is 788 Å². The molecular formula is C95H84F15IN14O13. The summed E-state index contributed by atoms with van der Waals surface area (Å²) in [6, 6.07) is 42.7. The normalized spacial score (nSPS) is 17.9. The molecule has 0 saturated carbocycles. The van der Waals surface area contributed by atoms with Crippen molar-refractivity contribution in [2.45, 2.75) is 125 Å². The zero-order valence-electron chi connectivity index (χ0n) is 73.8. The summed E-state index contributed by atoms with van der Waals surface area (Å²) in [5.74, 6) is -24.8. The first kappa shape index (κ1) is 102. The number of carboxylic acid groups (broad SMARTS) is 1. The third kappa shape index (κ3) is 24.2. The predicted molar refractivity (Wildman–Crippen MR) is 482 cm³/mol. The number of carbonyl (C=O) groups excluding carboxylic acids is 7. The molecule has 8 atom stereocenters. The number of nitrogens with one attached hydrogen (secondary N) is 5. The zero-order valence-corrected chi connectivity index (χ0v) is 75.9. The Hall–Kier alpha value is -14.8. The maximum atomic E-state index is 15.1. The number of aromatic nitrogens is 6. The first-order valence-electron chi connectivity index (χ1n) is 41.5. The van der Waals surface area contributed by atoms with Crippen LogP contribution in [0.2, 0.25) is 0 Å². The van der Waals surface area contributed by atoms with Crippen molar-refractivity contribution < 1.29 is 128 Å². The molecule has 2 unspecified atom stereocenters. The van der Waals surface area contributed by atoms with Crippen LogP contribution in [0.4, 0.5) is 77.2 Å². The van der Waals surface area contributed by atoms with Crippen molar-refractivity contribution >= 4 is 114 Å². The lowest BCUT2D eigenvalue weighted by atomic mass is 9.98. The molecule has 138 heavy (non-hydrogen) atoms. The molecule has 7 heterocycles. The Balaban J connectivity index is 0.000000158. The zero-order chi connectivity index (χ0) is 100. The quantitative estimate of drug-likeness (QED) is 0.0275. The van der Waals surface area contributed by atoms with Gasteiger partial charge in [0.1, 0.15) is 63.7 Å². The maximum Gasteiger partial charge on any atom is 0.374 e. The molecule has 10 aromatic carbocycles. The number of ether oxygens (including phenoxy) is 4. The van der Waals surface area contributed by atoms with Crippen molar-refractivity contribution in [2.75, 3.05) is 38.2 Å². The number of halogens is 16. The number of anilines is 2. The summed E-state index contributed by atoms with van der Waals surface area (Å²) in [4.78, 5) is 96.7. The van der Waals surface area contributed by atoms with E-state index in [0.717, 1.165) is 34.8 Å². The average Bonchev–Trinajstić information content (AvgIpc) is 1.60. The van der Waals surface area contributed by atoms with E-state index < -0.39 is 143 Å². The van der Waals surface area contributed by atoms with Crippen molar-refractivity contribution in [3.8, 4) is 40.1 Å². The van der Waals surface area contributed by atoms with Crippen LogP contribution in [-0.2, 0) is 38.4 Å². The van der Waals surface area contributed by atoms with Crippen LogP contribution in [0.3, 0.4) is 0 Å². The predicted octanol–water partition coefficient (Wildman–Crippen LogP) is 16.6. The fraction of sp³-hybridized carbons (Fsp3) is 0.253. The van der Waals surface area contributed by atoms with Crippen LogP contribution in [0.25, 0.3) is 49.8 Å². The summed E-state index contributed by atoms with van der Waals surface area (Å²) in [6.07, 6.45) is 4.30. The first-order chi connectivity index (χ1) is 65.1. The SMILES string of the molecule is CC(F)(F)C(=O)O.COc1ccc(F)c(C2NC(=O)C[C@@H]2N)c1.COc1ccc(F)c(C2NC(=O)C[C@@H]2NC(=O)C(C)(F)F)c1.COc1ccc(F)c([C@@H]2[C@@H](NC(=O)C(C)(F)F)CC(=O)N2c2ccc3c(cnn3-c3ccc(F)cc3)c2)c1.COc1ccc(F)c([C@H]2[C@H](NC(=O)C(C)(F)F)CC(=O)N2c2ccc3c(cnn3-c3ccc(F)cc3)c2)c1.Fc1ccc(-n2ncc3cc(I)ccc32)cc1. The van der Waals surface area contributed by atoms with E-state index in [-0.39, 0.29) is 59.9 Å². The first-order valence-corrected chi connectivity index (χ1v) is 42.6. The smallest absolute Gasteiger partial charge is 0.374 e. The molecule has 4 aliphatic heterocycles. The van der Waals surface area contributed by atoms with Gasteiger partial charge in [-0.15, -0.1) is 0 Å². The molecule has 27 nitrogen and oxygen atoms in total. The molecule has 7 amide bonds. The number of rotatable bonds is 20. The Bertz CT molecular complexity index is 6470. The second kappa shape index (κ2) is 42.6. The van der Waals surface area contributed by atoms with Crippen LogP contribution >= 0.6 is 22.6 Å². The van der Waals surface area contributed by atoms with Crippen LogP contribution in [-0.4, -0.2) is 158 Å². The average molecular weight is 2040 g/mol. The summed E-state index contributed by atoms with van der Waals surface area (Å²) >= 11 is 2.27. The van der Waals surface area contributed by atoms with Gasteiger partial charge in [0, 0.05) is 113 Å². The molecular weight excluding hydrogens is 1960 g/mol. The van der Waals surface area contributed by atoms with E-state index in [1.165, 1.54) is 127 Å². The Morgan fingerprint density at radius 2 is 0.674 bits per heavy atom. The van der Waals surface area contributed by atoms with Crippen molar-refractivity contribution in [3.05, 3.63) is 285 Å². The van der Waals surface area contributed by atoms with E-state index in [4.69, 9.17) is 29.8 Å². The van der Waals surface area contributed by atoms with Crippen LogP contribution < -0.4 is 61.1 Å². The molecule has 0 radical (unpaired) electrons. The van der Waals surface area contributed by atoms with Gasteiger partial charge in [0.15, 0.2) is 0 Å². The van der Waals surface area contributed by atoms with Crippen LogP contribution in [0.1, 0.15) is 99.8 Å². The number of aliphatic carboxylic acids is 1. The highest BCUT2D eigenvalue weighted by molar-refractivity contribution is 14.1. The number of nitrogens with zero attached hydrogens (tertiary/aromatic N) is 8. The second-order valence-electron chi connectivity index (χ2n) is 31.9. The molecule has 17 rings (SSSR count). The number of fused-ring (bicyclic) bond motifs is 3. The summed E-state index contributed by atoms with van der Waals surface area (Å²) < 4.78 is 227. The lowest BCUT2D eigenvalue weighted by molar-refractivity contribution is -0.162. The van der Waals surface area contributed by atoms with Gasteiger partial charge in [-0.25, -0.2) is 49.6 Å². The number of amides is 7. The Morgan fingerprint density at radius 3 is 0.993 bits per heavy atom. The maximum absolute atomic E-state index is 15.1. The van der Waals surface area contributed by atoms with Gasteiger partial charge in [-0.05, 0) is 223 Å². The van der Waals surface area contributed by atoms with Gasteiger partial charge in [0.05, 0.1) is 123 Å². The van der Waals surface area contributed by atoms with Gasteiger partial charge < -0.3 is 66.2 Å². The fourth-order valence-electron chi connectivity index (χ4n) is 15.2. The van der Waals surface area contributed by atoms with Crippen molar-refractivity contribution in [1.82, 2.24) is 55.9 Å². The number of methoxy groups -OCH3 is 4. The largest absolute Gasteiger partial charge is 0.497 e. The summed E-state index contributed by atoms with van der Waals surface area (Å²) in [6.45, 7) is 1.68. The molecule has 4 saturated heterocycles. The number of hydrogen-bond acceptors (Lipinski definition) is 16. The van der Waals surface area contributed by atoms with E-state index in [1.54, 1.807) is 101 Å². The molecule has 0 bridgehead atoms. The van der Waals surface area contributed by atoms with Gasteiger partial charge in [-0.2, -0.15) is 50.4 Å². The molecule has 4 aliphatic rings. The third-order valence-electron chi connectivity index (χ3n) is 22.0. The number of carboxylic acids is 1. The molecule has 4 fully saturated rings. The van der Waals surface area contributed by atoms with Gasteiger partial charge in [0.2, 0.25) is 23.6 Å². The number of hydrogen-bond donors (Lipinski definition) is 7. The Morgan fingerprint density at radius 1 is 0.384 bits per heavy atom. The van der Waals surface area contributed by atoms with Crippen LogP contribution in [0, 0.1) is 44.3 Å². The number of nitrogens with two attached hydrogens (primary N) is 1. The minimum Gasteiger partial charge on any atom is -0.497 e. The number of carbonyl (C=O) groups is 8. The van der Waals surface area contributed by atoms with Gasteiger partial charge in [-0.1, -0.05) is 0 Å². The van der Waals surface area contributed by atoms with Gasteiger partial charge in [0.25, 0.3) is 17.7 Å². The monoisotopic (exact) mass is 2040 g/mol. The summed E-state index contributed by atoms with van der Waals surface area (Å²) in [5.41, 5.74) is 11.4. The van der Waals surface area contributed by atoms with Crippen LogP contribution in [0.15, 0.2) is 219 Å². The minimum atomic E-state index is -3.69. The molecule has 8 N–H and O–H groups in total. The molecule has 0 spiro atoms. The molecule has 43 heteroatoms. The van der Waals surface area contributed by atoms with E-state index in [9.17, 15) is 95.4 Å². The highest BCUT2D eigenvalue weighted by atomic mass is 127. The highest BCUT2D eigenvalue weighted by Crippen LogP contribution is 2.44. The summed E-state index contributed by atoms with van der Waals surface area (Å²) in [5, 5.41) is 34.5. The summed E-state index contributed by atoms with van der Waals surface area (Å²) in [7, 11) is 5.67. The van der Waals surface area contributed by atoms with E-state index in [1.807, 2.05) is 23.0 Å². The molecule has 3 aromatic heterocycles. The van der Waals surface area contributed by atoms with Gasteiger partial charge in [-0.3, -0.25) is 33.6 Å². The van der Waals surface area contributed by atoms with Crippen molar-refractivity contribution in [2.24, 2.45) is 5.73 Å².